The summed E-state index contributed by atoms with van der Waals surface area (Å²) in [5.74, 6) is 3.09. The zero-order valence-corrected chi connectivity index (χ0v) is 40.4. The van der Waals surface area contributed by atoms with Gasteiger partial charge in [-0.1, -0.05) is 157 Å². The Balaban J connectivity index is 1.37. The number of nitrogens with zero attached hydrogens (tertiary/aromatic N) is 1. The summed E-state index contributed by atoms with van der Waals surface area (Å²) in [5.41, 5.74) is 16.1. The third-order valence-corrected chi connectivity index (χ3v) is 17.2. The highest BCUT2D eigenvalue weighted by atomic mass is 32.2. The quantitative estimate of drug-likeness (QED) is 0.198. The fourth-order valence-corrected chi connectivity index (χ4v) is 13.7. The molecule has 0 N–H and O–H groups in total. The molecule has 0 radical (unpaired) electrons. The first-order chi connectivity index (χ1) is 27.5. The van der Waals surface area contributed by atoms with E-state index >= 15 is 0 Å². The molecule has 3 aromatic rings. The van der Waals surface area contributed by atoms with E-state index in [4.69, 9.17) is 6.58 Å². The molecule has 3 aliphatic carbocycles. The SMILES string of the molecule is C=C/C=C(\CC)C(C(=C)c1cc(C)cc(N(c2ccc(C(C)(C)C)cc2)C2CSC3=C2C(C)C2C(C3)C(C)(C)CCC2(C)C)c1)c1ccc2c(c1)C(C)(C)CCC2(C)C. The number of anilines is 2. The predicted molar refractivity (Wildman–Crippen MR) is 261 cm³/mol. The minimum absolute atomic E-state index is 0.0573. The van der Waals surface area contributed by atoms with E-state index in [1.807, 2.05) is 6.08 Å². The molecule has 1 nitrogen and oxygen atoms in total. The maximum absolute atomic E-state index is 5.03. The molecule has 0 spiro atoms. The summed E-state index contributed by atoms with van der Waals surface area (Å²) in [5, 5.41) is 0. The van der Waals surface area contributed by atoms with Crippen LogP contribution >= 0.6 is 11.8 Å². The van der Waals surface area contributed by atoms with Crippen molar-refractivity contribution in [3.63, 3.8) is 0 Å². The van der Waals surface area contributed by atoms with Gasteiger partial charge in [0.2, 0.25) is 0 Å². The van der Waals surface area contributed by atoms with Crippen LogP contribution in [-0.2, 0) is 16.2 Å². The van der Waals surface area contributed by atoms with Gasteiger partial charge in [-0.25, -0.2) is 0 Å². The maximum Gasteiger partial charge on any atom is 0.0658 e. The normalized spacial score (nSPS) is 26.0. The molecule has 316 valence electrons. The van der Waals surface area contributed by atoms with E-state index in [1.54, 1.807) is 10.5 Å². The summed E-state index contributed by atoms with van der Waals surface area (Å²) in [4.78, 5) is 4.42. The number of hydrogen-bond donors (Lipinski definition) is 0. The summed E-state index contributed by atoms with van der Waals surface area (Å²) >= 11 is 2.16. The molecule has 3 aromatic carbocycles. The maximum atomic E-state index is 5.03. The fourth-order valence-electron chi connectivity index (χ4n) is 12.2. The molecule has 4 aliphatic rings. The lowest BCUT2D eigenvalue weighted by atomic mass is 9.48. The van der Waals surface area contributed by atoms with Crippen molar-refractivity contribution >= 4 is 28.7 Å². The first-order valence-electron chi connectivity index (χ1n) is 23.0. The average Bonchev–Trinajstić information content (AvgIpc) is 3.59. The fraction of sp³-hybridized carbons (Fsp3) is 0.544. The van der Waals surface area contributed by atoms with Crippen molar-refractivity contribution in [3.05, 3.63) is 135 Å². The van der Waals surface area contributed by atoms with Crippen LogP contribution in [0.4, 0.5) is 11.4 Å². The van der Waals surface area contributed by atoms with Crippen LogP contribution < -0.4 is 4.90 Å². The highest BCUT2D eigenvalue weighted by Crippen LogP contribution is 2.64. The molecule has 0 bridgehead atoms. The van der Waals surface area contributed by atoms with Crippen LogP contribution in [0.5, 0.6) is 0 Å². The zero-order valence-electron chi connectivity index (χ0n) is 39.5. The molecule has 5 atom stereocenters. The molecule has 59 heavy (non-hydrogen) atoms. The van der Waals surface area contributed by atoms with Gasteiger partial charge in [-0.3, -0.25) is 0 Å². The molecule has 1 fully saturated rings. The first-order valence-corrected chi connectivity index (χ1v) is 24.0. The Bertz CT molecular complexity index is 2160. The van der Waals surface area contributed by atoms with Crippen LogP contribution in [0, 0.1) is 35.5 Å². The monoisotopic (exact) mass is 808 g/mol. The van der Waals surface area contributed by atoms with Crippen molar-refractivity contribution in [1.82, 2.24) is 0 Å². The van der Waals surface area contributed by atoms with Gasteiger partial charge in [-0.15, -0.1) is 11.8 Å². The lowest BCUT2D eigenvalue weighted by molar-refractivity contribution is -0.0459. The van der Waals surface area contributed by atoms with Crippen LogP contribution in [0.2, 0.25) is 0 Å². The second kappa shape index (κ2) is 15.6. The molecule has 0 aromatic heterocycles. The lowest BCUT2D eigenvalue weighted by Crippen LogP contribution is -2.50. The van der Waals surface area contributed by atoms with Crippen molar-refractivity contribution < 1.29 is 0 Å². The third kappa shape index (κ3) is 8.04. The number of aryl methyl sites for hydroxylation is 1. The van der Waals surface area contributed by atoms with E-state index < -0.39 is 0 Å². The van der Waals surface area contributed by atoms with Gasteiger partial charge in [0.15, 0.2) is 0 Å². The van der Waals surface area contributed by atoms with Gasteiger partial charge in [0.25, 0.3) is 0 Å². The Morgan fingerprint density at radius 2 is 1.47 bits per heavy atom. The van der Waals surface area contributed by atoms with E-state index in [0.29, 0.717) is 28.7 Å². The molecular formula is C57H77NS. The number of benzene rings is 3. The van der Waals surface area contributed by atoms with Gasteiger partial charge >= 0.3 is 0 Å². The summed E-state index contributed by atoms with van der Waals surface area (Å²) in [6.07, 6.45) is 11.5. The molecule has 2 heteroatoms. The lowest BCUT2D eigenvalue weighted by Gasteiger charge is -2.57. The minimum atomic E-state index is 0.0573. The summed E-state index contributed by atoms with van der Waals surface area (Å²) < 4.78 is 0. The van der Waals surface area contributed by atoms with Gasteiger partial charge in [0.05, 0.1) is 6.04 Å². The van der Waals surface area contributed by atoms with Gasteiger partial charge in [-0.2, -0.15) is 0 Å². The summed E-state index contributed by atoms with van der Waals surface area (Å²) in [6.45, 7) is 43.4. The molecule has 0 saturated heterocycles. The van der Waals surface area contributed by atoms with Crippen molar-refractivity contribution in [2.75, 3.05) is 10.7 Å². The number of thioether (sulfide) groups is 1. The first kappa shape index (κ1) is 43.8. The van der Waals surface area contributed by atoms with Crippen molar-refractivity contribution in [1.29, 1.82) is 0 Å². The Hall–Kier alpha value is -3.23. The summed E-state index contributed by atoms with van der Waals surface area (Å²) in [6, 6.07) is 24.6. The van der Waals surface area contributed by atoms with Gasteiger partial charge in [0.1, 0.15) is 0 Å². The van der Waals surface area contributed by atoms with Crippen LogP contribution in [0.1, 0.15) is 168 Å². The second-order valence-corrected chi connectivity index (χ2v) is 24.0. The van der Waals surface area contributed by atoms with Crippen molar-refractivity contribution in [2.45, 2.75) is 164 Å². The number of hydrogen-bond acceptors (Lipinski definition) is 2. The molecule has 1 saturated carbocycles. The molecule has 1 heterocycles. The van der Waals surface area contributed by atoms with E-state index in [0.717, 1.165) is 18.1 Å². The Morgan fingerprint density at radius 1 is 0.831 bits per heavy atom. The molecule has 7 rings (SSSR count). The topological polar surface area (TPSA) is 3.24 Å². The Labute approximate surface area is 365 Å². The number of fused-ring (bicyclic) bond motifs is 2. The van der Waals surface area contributed by atoms with E-state index in [2.05, 4.69) is 187 Å². The highest BCUT2D eigenvalue weighted by molar-refractivity contribution is 8.03. The van der Waals surface area contributed by atoms with Gasteiger partial charge < -0.3 is 4.90 Å². The van der Waals surface area contributed by atoms with E-state index in [1.165, 1.54) is 88.0 Å². The predicted octanol–water partition coefficient (Wildman–Crippen LogP) is 16.6. The van der Waals surface area contributed by atoms with Crippen LogP contribution in [0.25, 0.3) is 5.57 Å². The smallest absolute Gasteiger partial charge is 0.0658 e. The Morgan fingerprint density at radius 3 is 2.10 bits per heavy atom. The molecule has 1 aliphatic heterocycles. The van der Waals surface area contributed by atoms with Crippen molar-refractivity contribution in [2.24, 2.45) is 28.6 Å². The van der Waals surface area contributed by atoms with Crippen molar-refractivity contribution in [3.8, 4) is 0 Å². The van der Waals surface area contributed by atoms with E-state index in [-0.39, 0.29) is 22.2 Å². The van der Waals surface area contributed by atoms with Gasteiger partial charge in [-0.05, 0) is 164 Å². The number of allylic oxidation sites excluding steroid dienone is 5. The molecule has 0 amide bonds. The standard InChI is InChI=1S/C57H77NS/c1-17-19-39(18-2)50(40-20-25-45-46(33-40)55(11,12)27-26-54(45,9)10)37(4)41-30-36(3)31-44(32-41)58(43-23-21-42(22-24-43)53(6,7)8)48-35-59-49-34-47-52(38(5)51(48)49)57(15,16)29-28-56(47,13)14/h17,19-25,30-33,38,47-48,50,52H,1,4,18,26-29,34-35H2,2-3,5-16H3/b39-19+. The van der Waals surface area contributed by atoms with Crippen LogP contribution in [-0.4, -0.2) is 11.8 Å². The summed E-state index contributed by atoms with van der Waals surface area (Å²) in [7, 11) is 0. The van der Waals surface area contributed by atoms with E-state index in [9.17, 15) is 0 Å². The minimum Gasteiger partial charge on any atom is -0.333 e. The average molecular weight is 808 g/mol. The molecular weight excluding hydrogens is 731 g/mol. The largest absolute Gasteiger partial charge is 0.333 e. The van der Waals surface area contributed by atoms with Gasteiger partial charge in [0, 0.05) is 23.0 Å². The highest BCUT2D eigenvalue weighted by Gasteiger charge is 2.55. The third-order valence-electron chi connectivity index (χ3n) is 16.0. The van der Waals surface area contributed by atoms with Crippen LogP contribution in [0.15, 0.2) is 102 Å². The molecule has 5 unspecified atom stereocenters. The zero-order chi connectivity index (χ0) is 43.0. The Kier molecular flexibility index (Phi) is 11.6. The van der Waals surface area contributed by atoms with Crippen LogP contribution in [0.3, 0.4) is 0 Å². The second-order valence-electron chi connectivity index (χ2n) is 22.9. The number of rotatable bonds is 9.